The van der Waals surface area contributed by atoms with Gasteiger partial charge in [0.25, 0.3) is 5.91 Å². The Bertz CT molecular complexity index is 480. The van der Waals surface area contributed by atoms with Crippen LogP contribution in [0.4, 0.5) is 0 Å². The van der Waals surface area contributed by atoms with Crippen LogP contribution in [0.5, 0.6) is 0 Å². The molecule has 0 aromatic carbocycles. The van der Waals surface area contributed by atoms with Crippen molar-refractivity contribution in [2.24, 2.45) is 0 Å². The Labute approximate surface area is 125 Å². The van der Waals surface area contributed by atoms with Crippen LogP contribution in [0.25, 0.3) is 0 Å². The molecule has 1 amide bonds. The van der Waals surface area contributed by atoms with Crippen LogP contribution in [0.3, 0.4) is 0 Å². The highest BCUT2D eigenvalue weighted by Crippen LogP contribution is 2.21. The lowest BCUT2D eigenvalue weighted by Gasteiger charge is -2.26. The van der Waals surface area contributed by atoms with Crippen molar-refractivity contribution in [3.05, 3.63) is 17.0 Å². The third-order valence-corrected chi connectivity index (χ3v) is 4.31. The van der Waals surface area contributed by atoms with Crippen LogP contribution >= 0.6 is 0 Å². The number of hydrogen-bond acceptors (Lipinski definition) is 4. The Balaban J connectivity index is 1.43. The first-order valence-electron chi connectivity index (χ1n) is 7.99. The van der Waals surface area contributed by atoms with Gasteiger partial charge in [0.2, 0.25) is 0 Å². The first kappa shape index (κ1) is 14.5. The van der Waals surface area contributed by atoms with Crippen LogP contribution in [-0.2, 0) is 17.6 Å². The average Bonchev–Trinajstić information content (AvgIpc) is 2.96. The van der Waals surface area contributed by atoms with Crippen molar-refractivity contribution >= 4 is 5.91 Å². The third-order valence-electron chi connectivity index (χ3n) is 4.31. The number of nitrogens with one attached hydrogen (secondary N) is 2. The molecule has 21 heavy (non-hydrogen) atoms. The minimum Gasteiger partial charge on any atom is -0.379 e. The lowest BCUT2D eigenvalue weighted by molar-refractivity contribution is 0.0374. The molecule has 0 atom stereocenters. The van der Waals surface area contributed by atoms with Crippen molar-refractivity contribution in [1.29, 1.82) is 0 Å². The maximum atomic E-state index is 12.2. The maximum absolute atomic E-state index is 12.2. The minimum atomic E-state index is -0.0311. The number of aromatic amines is 1. The topological polar surface area (TPSA) is 70.2 Å². The summed E-state index contributed by atoms with van der Waals surface area (Å²) in [7, 11) is 0. The second kappa shape index (κ2) is 7.04. The number of nitrogens with zero attached hydrogens (tertiary/aromatic N) is 2. The lowest BCUT2D eigenvalue weighted by atomic mass is 9.96. The fraction of sp³-hybridized carbons (Fsp3) is 0.733. The Hall–Kier alpha value is -1.40. The second-order valence-electron chi connectivity index (χ2n) is 5.80. The number of aryl methyl sites for hydroxylation is 1. The number of aromatic nitrogens is 2. The van der Waals surface area contributed by atoms with Gasteiger partial charge in [-0.2, -0.15) is 5.10 Å². The summed E-state index contributed by atoms with van der Waals surface area (Å²) in [5.41, 5.74) is 2.89. The molecule has 0 bridgehead atoms. The van der Waals surface area contributed by atoms with Gasteiger partial charge in [0.05, 0.1) is 13.2 Å². The summed E-state index contributed by atoms with van der Waals surface area (Å²) in [5.74, 6) is -0.0311. The van der Waals surface area contributed by atoms with E-state index in [1.54, 1.807) is 0 Å². The fourth-order valence-corrected chi connectivity index (χ4v) is 3.08. The largest absolute Gasteiger partial charge is 0.379 e. The summed E-state index contributed by atoms with van der Waals surface area (Å²) < 4.78 is 5.32. The number of carbonyl (C=O) groups excluding carboxylic acids is 1. The summed E-state index contributed by atoms with van der Waals surface area (Å²) in [6, 6.07) is 0. The van der Waals surface area contributed by atoms with Crippen molar-refractivity contribution in [2.45, 2.75) is 32.1 Å². The zero-order valence-corrected chi connectivity index (χ0v) is 12.5. The number of ether oxygens (including phenoxy) is 1. The van der Waals surface area contributed by atoms with E-state index in [1.165, 1.54) is 6.42 Å². The number of fused-ring (bicyclic) bond motifs is 1. The molecule has 116 valence electrons. The SMILES string of the molecule is O=C(NCCCN1CCOCC1)c1n[nH]c2c1CCCC2. The van der Waals surface area contributed by atoms with E-state index in [1.807, 2.05) is 0 Å². The van der Waals surface area contributed by atoms with E-state index < -0.39 is 0 Å². The highest BCUT2D eigenvalue weighted by atomic mass is 16.5. The molecular formula is C15H24N4O2. The summed E-state index contributed by atoms with van der Waals surface area (Å²) in [4.78, 5) is 14.6. The predicted molar refractivity (Wildman–Crippen MR) is 79.4 cm³/mol. The Morgan fingerprint density at radius 3 is 2.95 bits per heavy atom. The summed E-state index contributed by atoms with van der Waals surface area (Å²) >= 11 is 0. The van der Waals surface area contributed by atoms with Crippen LogP contribution in [0.2, 0.25) is 0 Å². The van der Waals surface area contributed by atoms with Gasteiger partial charge in [-0.15, -0.1) is 0 Å². The van der Waals surface area contributed by atoms with E-state index in [0.29, 0.717) is 12.2 Å². The number of H-pyrrole nitrogens is 1. The zero-order valence-electron chi connectivity index (χ0n) is 12.5. The van der Waals surface area contributed by atoms with E-state index in [-0.39, 0.29) is 5.91 Å². The number of hydrogen-bond donors (Lipinski definition) is 2. The zero-order chi connectivity index (χ0) is 14.5. The second-order valence-corrected chi connectivity index (χ2v) is 5.80. The quantitative estimate of drug-likeness (QED) is 0.785. The number of amides is 1. The molecule has 6 heteroatoms. The first-order valence-corrected chi connectivity index (χ1v) is 7.99. The average molecular weight is 292 g/mol. The van der Waals surface area contributed by atoms with E-state index in [2.05, 4.69) is 20.4 Å². The molecule has 1 aromatic rings. The van der Waals surface area contributed by atoms with Gasteiger partial charge in [0.1, 0.15) is 0 Å². The van der Waals surface area contributed by atoms with Gasteiger partial charge in [-0.1, -0.05) is 0 Å². The van der Waals surface area contributed by atoms with Gasteiger partial charge in [-0.25, -0.2) is 0 Å². The molecular weight excluding hydrogens is 268 g/mol. The van der Waals surface area contributed by atoms with E-state index in [0.717, 1.165) is 69.8 Å². The van der Waals surface area contributed by atoms with Gasteiger partial charge < -0.3 is 10.1 Å². The van der Waals surface area contributed by atoms with Crippen LogP contribution in [0.1, 0.15) is 41.0 Å². The first-order chi connectivity index (χ1) is 10.3. The lowest BCUT2D eigenvalue weighted by Crippen LogP contribution is -2.38. The summed E-state index contributed by atoms with van der Waals surface area (Å²) in [6.45, 7) is 5.37. The van der Waals surface area contributed by atoms with Crippen molar-refractivity contribution in [1.82, 2.24) is 20.4 Å². The van der Waals surface area contributed by atoms with Crippen molar-refractivity contribution < 1.29 is 9.53 Å². The van der Waals surface area contributed by atoms with Crippen molar-refractivity contribution in [3.63, 3.8) is 0 Å². The molecule has 0 unspecified atom stereocenters. The molecule has 0 radical (unpaired) electrons. The molecule has 1 saturated heterocycles. The number of morpholine rings is 1. The van der Waals surface area contributed by atoms with Gasteiger partial charge >= 0.3 is 0 Å². The highest BCUT2D eigenvalue weighted by molar-refractivity contribution is 5.94. The molecule has 2 heterocycles. The van der Waals surface area contributed by atoms with Gasteiger partial charge in [0, 0.05) is 30.9 Å². The molecule has 0 spiro atoms. The number of rotatable bonds is 5. The van der Waals surface area contributed by atoms with E-state index in [4.69, 9.17) is 4.74 Å². The van der Waals surface area contributed by atoms with Gasteiger partial charge in [-0.05, 0) is 38.6 Å². The van der Waals surface area contributed by atoms with E-state index in [9.17, 15) is 4.79 Å². The summed E-state index contributed by atoms with van der Waals surface area (Å²) in [5, 5.41) is 10.2. The molecule has 1 aliphatic heterocycles. The molecule has 1 aliphatic carbocycles. The minimum absolute atomic E-state index is 0.0311. The Morgan fingerprint density at radius 2 is 2.10 bits per heavy atom. The standard InChI is InChI=1S/C15H24N4O2/c20-15(14-12-4-1-2-5-13(12)17-18-14)16-6-3-7-19-8-10-21-11-9-19/h1-11H2,(H,16,20)(H,17,18). The highest BCUT2D eigenvalue weighted by Gasteiger charge is 2.21. The van der Waals surface area contributed by atoms with Gasteiger partial charge in [-0.3, -0.25) is 14.8 Å². The molecule has 2 N–H and O–H groups in total. The van der Waals surface area contributed by atoms with Crippen LogP contribution in [-0.4, -0.2) is 60.4 Å². The predicted octanol–water partition coefficient (Wildman–Crippen LogP) is 0.741. The molecule has 1 aromatic heterocycles. The summed E-state index contributed by atoms with van der Waals surface area (Å²) in [6.07, 6.45) is 5.31. The number of carbonyl (C=O) groups is 1. The molecule has 1 fully saturated rings. The van der Waals surface area contributed by atoms with Crippen molar-refractivity contribution in [2.75, 3.05) is 39.4 Å². The Morgan fingerprint density at radius 1 is 1.29 bits per heavy atom. The van der Waals surface area contributed by atoms with Crippen LogP contribution < -0.4 is 5.32 Å². The fourth-order valence-electron chi connectivity index (χ4n) is 3.08. The molecule has 2 aliphatic rings. The Kier molecular flexibility index (Phi) is 4.87. The van der Waals surface area contributed by atoms with E-state index >= 15 is 0 Å². The maximum Gasteiger partial charge on any atom is 0.272 e. The molecule has 0 saturated carbocycles. The molecule has 3 rings (SSSR count). The third kappa shape index (κ3) is 3.63. The van der Waals surface area contributed by atoms with Gasteiger partial charge in [0.15, 0.2) is 5.69 Å². The normalized spacial score (nSPS) is 19.2. The van der Waals surface area contributed by atoms with Crippen molar-refractivity contribution in [3.8, 4) is 0 Å². The van der Waals surface area contributed by atoms with Crippen LogP contribution in [0.15, 0.2) is 0 Å². The van der Waals surface area contributed by atoms with Crippen LogP contribution in [0, 0.1) is 0 Å². The molecule has 6 nitrogen and oxygen atoms in total. The monoisotopic (exact) mass is 292 g/mol. The smallest absolute Gasteiger partial charge is 0.272 e.